The highest BCUT2D eigenvalue weighted by atomic mass is 32.2. The smallest absolute Gasteiger partial charge is 0.261 e. The molecule has 1 amide bonds. The Morgan fingerprint density at radius 3 is 2.65 bits per heavy atom. The van der Waals surface area contributed by atoms with Crippen molar-refractivity contribution in [2.75, 3.05) is 16.2 Å². The van der Waals surface area contributed by atoms with Gasteiger partial charge in [-0.15, -0.1) is 0 Å². The molecule has 5 nitrogen and oxygen atoms in total. The van der Waals surface area contributed by atoms with Crippen LogP contribution >= 0.6 is 0 Å². The van der Waals surface area contributed by atoms with E-state index >= 15 is 0 Å². The maximum Gasteiger partial charge on any atom is 0.261 e. The van der Waals surface area contributed by atoms with E-state index in [1.165, 1.54) is 13.0 Å². The predicted molar refractivity (Wildman–Crippen MR) is 90.2 cm³/mol. The largest absolute Gasteiger partial charge is 0.312 e. The number of nitrogens with one attached hydrogen (secondary N) is 1. The molecule has 0 bridgehead atoms. The quantitative estimate of drug-likeness (QED) is 0.941. The van der Waals surface area contributed by atoms with Gasteiger partial charge in [0, 0.05) is 24.8 Å². The van der Waals surface area contributed by atoms with Crippen LogP contribution in [0, 0.1) is 6.92 Å². The first-order valence-corrected chi connectivity index (χ1v) is 8.86. The van der Waals surface area contributed by atoms with Crippen LogP contribution in [0.2, 0.25) is 0 Å². The first kappa shape index (κ1) is 15.6. The van der Waals surface area contributed by atoms with Crippen molar-refractivity contribution in [2.24, 2.45) is 0 Å². The van der Waals surface area contributed by atoms with E-state index in [4.69, 9.17) is 0 Å². The minimum atomic E-state index is -3.64. The number of rotatable bonds is 3. The van der Waals surface area contributed by atoms with E-state index in [1.54, 1.807) is 35.2 Å². The van der Waals surface area contributed by atoms with Gasteiger partial charge in [-0.05, 0) is 54.8 Å². The van der Waals surface area contributed by atoms with Crippen LogP contribution in [0.25, 0.3) is 0 Å². The molecule has 1 aliphatic rings. The lowest BCUT2D eigenvalue weighted by Gasteiger charge is -2.15. The van der Waals surface area contributed by atoms with Gasteiger partial charge in [0.2, 0.25) is 5.91 Å². The van der Waals surface area contributed by atoms with E-state index in [-0.39, 0.29) is 10.8 Å². The number of sulfonamides is 1. The van der Waals surface area contributed by atoms with Crippen LogP contribution in [-0.2, 0) is 21.2 Å². The van der Waals surface area contributed by atoms with Crippen LogP contribution in [0.4, 0.5) is 11.4 Å². The minimum Gasteiger partial charge on any atom is -0.312 e. The summed E-state index contributed by atoms with van der Waals surface area (Å²) in [6, 6.07) is 12.1. The van der Waals surface area contributed by atoms with Gasteiger partial charge in [0.05, 0.1) is 4.90 Å². The molecule has 6 heteroatoms. The summed E-state index contributed by atoms with van der Waals surface area (Å²) in [6.07, 6.45) is 0.669. The Bertz CT molecular complexity index is 875. The number of nitrogens with zero attached hydrogens (tertiary/aromatic N) is 1. The van der Waals surface area contributed by atoms with Gasteiger partial charge in [-0.2, -0.15) is 0 Å². The number of anilines is 2. The highest BCUT2D eigenvalue weighted by Gasteiger charge is 2.24. The lowest BCUT2D eigenvalue weighted by molar-refractivity contribution is -0.116. The van der Waals surface area contributed by atoms with Crippen molar-refractivity contribution in [3.05, 3.63) is 53.6 Å². The summed E-state index contributed by atoms with van der Waals surface area (Å²) in [5, 5.41) is 0. The summed E-state index contributed by atoms with van der Waals surface area (Å²) in [5.41, 5.74) is 3.20. The van der Waals surface area contributed by atoms with Crippen LogP contribution in [0.15, 0.2) is 47.4 Å². The fourth-order valence-electron chi connectivity index (χ4n) is 2.79. The number of hydrogen-bond acceptors (Lipinski definition) is 3. The molecule has 0 atom stereocenters. The number of aryl methyl sites for hydroxylation is 1. The summed E-state index contributed by atoms with van der Waals surface area (Å²) >= 11 is 0. The summed E-state index contributed by atoms with van der Waals surface area (Å²) in [5.74, 6) is -0.0303. The van der Waals surface area contributed by atoms with Crippen molar-refractivity contribution >= 4 is 27.3 Å². The van der Waals surface area contributed by atoms with Gasteiger partial charge in [-0.25, -0.2) is 8.42 Å². The van der Waals surface area contributed by atoms with Crippen LogP contribution in [0.5, 0.6) is 0 Å². The lowest BCUT2D eigenvalue weighted by atomic mass is 10.2. The predicted octanol–water partition coefficient (Wildman–Crippen LogP) is 2.70. The zero-order valence-corrected chi connectivity index (χ0v) is 13.9. The normalized spacial score (nSPS) is 13.7. The van der Waals surface area contributed by atoms with Gasteiger partial charge in [0.1, 0.15) is 0 Å². The highest BCUT2D eigenvalue weighted by Crippen LogP contribution is 2.30. The Labute approximate surface area is 136 Å². The fraction of sp³-hybridized carbons (Fsp3) is 0.235. The minimum absolute atomic E-state index is 0.0303. The average molecular weight is 330 g/mol. The molecular formula is C17H18N2O3S. The van der Waals surface area contributed by atoms with Crippen LogP contribution in [-0.4, -0.2) is 20.9 Å². The van der Waals surface area contributed by atoms with Crippen molar-refractivity contribution in [3.63, 3.8) is 0 Å². The molecule has 0 aliphatic carbocycles. The van der Waals surface area contributed by atoms with Crippen molar-refractivity contribution in [1.29, 1.82) is 0 Å². The topological polar surface area (TPSA) is 66.5 Å². The maximum absolute atomic E-state index is 12.5. The summed E-state index contributed by atoms with van der Waals surface area (Å²) in [4.78, 5) is 13.4. The Balaban J connectivity index is 1.91. The van der Waals surface area contributed by atoms with Gasteiger partial charge in [0.15, 0.2) is 0 Å². The molecule has 2 aromatic carbocycles. The molecule has 23 heavy (non-hydrogen) atoms. The molecule has 0 saturated heterocycles. The summed E-state index contributed by atoms with van der Waals surface area (Å²) in [7, 11) is -3.64. The lowest BCUT2D eigenvalue weighted by Crippen LogP contribution is -2.25. The Kier molecular flexibility index (Phi) is 3.85. The zero-order chi connectivity index (χ0) is 16.6. The number of fused-ring (bicyclic) bond motifs is 1. The average Bonchev–Trinajstić information content (AvgIpc) is 2.89. The molecular weight excluding hydrogens is 312 g/mol. The van der Waals surface area contributed by atoms with Gasteiger partial charge >= 0.3 is 0 Å². The van der Waals surface area contributed by atoms with Gasteiger partial charge in [0.25, 0.3) is 10.0 Å². The molecule has 1 heterocycles. The van der Waals surface area contributed by atoms with E-state index in [0.717, 1.165) is 16.8 Å². The van der Waals surface area contributed by atoms with Crippen molar-refractivity contribution in [3.8, 4) is 0 Å². The maximum atomic E-state index is 12.5. The van der Waals surface area contributed by atoms with Crippen molar-refractivity contribution < 1.29 is 13.2 Å². The molecule has 1 N–H and O–H groups in total. The zero-order valence-electron chi connectivity index (χ0n) is 13.0. The van der Waals surface area contributed by atoms with Gasteiger partial charge in [-0.3, -0.25) is 9.52 Å². The first-order valence-electron chi connectivity index (χ1n) is 7.37. The third-order valence-corrected chi connectivity index (χ3v) is 5.29. The molecule has 3 rings (SSSR count). The molecule has 0 spiro atoms. The number of amides is 1. The molecule has 0 unspecified atom stereocenters. The number of hydrogen-bond donors (Lipinski definition) is 1. The van der Waals surface area contributed by atoms with Crippen LogP contribution in [0.1, 0.15) is 18.1 Å². The van der Waals surface area contributed by atoms with E-state index in [0.29, 0.717) is 18.7 Å². The number of benzene rings is 2. The molecule has 0 radical (unpaired) electrons. The monoisotopic (exact) mass is 330 g/mol. The Morgan fingerprint density at radius 1 is 1.17 bits per heavy atom. The molecule has 2 aromatic rings. The first-order chi connectivity index (χ1) is 10.9. The van der Waals surface area contributed by atoms with Gasteiger partial charge in [-0.1, -0.05) is 12.1 Å². The van der Waals surface area contributed by atoms with E-state index < -0.39 is 10.0 Å². The standard InChI is InChI=1S/C17H18N2O3S/c1-12-4-3-5-15(10-12)18-23(21,22)16-6-7-17-14(11-16)8-9-19(17)13(2)20/h3-7,10-11,18H,8-9H2,1-2H3. The van der Waals surface area contributed by atoms with E-state index in [1.807, 2.05) is 13.0 Å². The fourth-order valence-corrected chi connectivity index (χ4v) is 3.89. The Hall–Kier alpha value is -2.34. The van der Waals surface area contributed by atoms with Crippen LogP contribution < -0.4 is 9.62 Å². The van der Waals surface area contributed by atoms with E-state index in [2.05, 4.69) is 4.72 Å². The van der Waals surface area contributed by atoms with Crippen LogP contribution in [0.3, 0.4) is 0 Å². The van der Waals surface area contributed by atoms with Crippen molar-refractivity contribution in [2.45, 2.75) is 25.2 Å². The highest BCUT2D eigenvalue weighted by molar-refractivity contribution is 7.92. The Morgan fingerprint density at radius 2 is 1.96 bits per heavy atom. The second-order valence-electron chi connectivity index (χ2n) is 5.69. The molecule has 0 aromatic heterocycles. The molecule has 120 valence electrons. The molecule has 1 aliphatic heterocycles. The number of carbonyl (C=O) groups is 1. The molecule has 0 fully saturated rings. The third kappa shape index (κ3) is 3.07. The summed E-state index contributed by atoms with van der Waals surface area (Å²) < 4.78 is 27.7. The second kappa shape index (κ2) is 5.70. The third-order valence-electron chi connectivity index (χ3n) is 3.91. The van der Waals surface area contributed by atoms with Crippen molar-refractivity contribution in [1.82, 2.24) is 0 Å². The number of carbonyl (C=O) groups excluding carboxylic acids is 1. The SMILES string of the molecule is CC(=O)N1CCc2cc(S(=O)(=O)Nc3cccc(C)c3)ccc21. The summed E-state index contributed by atoms with van der Waals surface area (Å²) in [6.45, 7) is 4.02. The van der Waals surface area contributed by atoms with Gasteiger partial charge < -0.3 is 4.90 Å². The second-order valence-corrected chi connectivity index (χ2v) is 7.37. The molecule has 0 saturated carbocycles. The van der Waals surface area contributed by atoms with E-state index in [9.17, 15) is 13.2 Å².